The topological polar surface area (TPSA) is 88.2 Å². The molecule has 0 aliphatic carbocycles. The minimum absolute atomic E-state index is 0.0386. The summed E-state index contributed by atoms with van der Waals surface area (Å²) in [6.07, 6.45) is -0.512. The summed E-state index contributed by atoms with van der Waals surface area (Å²) in [7, 11) is 1.52. The fourth-order valence-corrected chi connectivity index (χ4v) is 0.774. The van der Waals surface area contributed by atoms with Crippen LogP contribution >= 0.6 is 0 Å². The van der Waals surface area contributed by atoms with E-state index in [9.17, 15) is 4.79 Å². The number of oxime groups is 1. The highest BCUT2D eigenvalue weighted by Gasteiger charge is 2.24. The number of nitrogens with two attached hydrogens (primary N) is 1. The van der Waals surface area contributed by atoms with Crippen LogP contribution in [0.25, 0.3) is 0 Å². The molecule has 0 aromatic carbocycles. The largest absolute Gasteiger partial charge is 0.444 e. The Hall–Kier alpha value is -1.46. The number of likely N-dealkylation sites (N-methyl/N-ethyl adjacent to an activating group) is 1. The minimum atomic E-state index is -0.559. The maximum atomic E-state index is 11.5. The number of nitrogens with zero attached hydrogens (tertiary/aromatic N) is 2. The van der Waals surface area contributed by atoms with Crippen LogP contribution in [-0.4, -0.2) is 40.7 Å². The molecular formula is C9H19N3O3. The molecule has 0 rings (SSSR count). The first-order valence-corrected chi connectivity index (χ1v) is 4.62. The Bertz CT molecular complexity index is 258. The van der Waals surface area contributed by atoms with E-state index in [4.69, 9.17) is 15.7 Å². The Balaban J connectivity index is 4.46. The van der Waals surface area contributed by atoms with E-state index in [1.165, 1.54) is 11.9 Å². The lowest BCUT2D eigenvalue weighted by Gasteiger charge is -2.27. The molecule has 0 aliphatic rings. The summed E-state index contributed by atoms with van der Waals surface area (Å²) in [5, 5.41) is 11.3. The van der Waals surface area contributed by atoms with Gasteiger partial charge >= 0.3 is 6.09 Å². The second kappa shape index (κ2) is 4.86. The lowest BCUT2D eigenvalue weighted by atomic mass is 10.2. The van der Waals surface area contributed by atoms with Gasteiger partial charge in [0, 0.05) is 7.05 Å². The van der Waals surface area contributed by atoms with Crippen LogP contribution in [0.2, 0.25) is 0 Å². The number of ether oxygens (including phenoxy) is 1. The third kappa shape index (κ3) is 4.53. The van der Waals surface area contributed by atoms with E-state index in [0.29, 0.717) is 0 Å². The molecule has 0 saturated heterocycles. The smallest absolute Gasteiger partial charge is 0.410 e. The summed E-state index contributed by atoms with van der Waals surface area (Å²) < 4.78 is 5.11. The molecule has 88 valence electrons. The molecule has 3 N–H and O–H groups in total. The quantitative estimate of drug-likeness (QED) is 0.312. The predicted molar refractivity (Wildman–Crippen MR) is 56.9 cm³/mol. The first-order chi connectivity index (χ1) is 6.69. The molecule has 15 heavy (non-hydrogen) atoms. The zero-order chi connectivity index (χ0) is 12.2. The lowest BCUT2D eigenvalue weighted by Crippen LogP contribution is -2.45. The van der Waals surface area contributed by atoms with E-state index in [1.807, 2.05) is 0 Å². The Morgan fingerprint density at radius 1 is 1.53 bits per heavy atom. The van der Waals surface area contributed by atoms with Crippen LogP contribution in [0.1, 0.15) is 27.7 Å². The SMILES string of the molecule is C[C@H](/C(N)=N\O)N(C)C(=O)OC(C)(C)C. The van der Waals surface area contributed by atoms with E-state index in [1.54, 1.807) is 27.7 Å². The van der Waals surface area contributed by atoms with Gasteiger partial charge in [-0.05, 0) is 27.7 Å². The fourth-order valence-electron chi connectivity index (χ4n) is 0.774. The van der Waals surface area contributed by atoms with Crippen LogP contribution in [0.3, 0.4) is 0 Å². The van der Waals surface area contributed by atoms with Gasteiger partial charge in [-0.1, -0.05) is 5.16 Å². The van der Waals surface area contributed by atoms with Gasteiger partial charge in [-0.2, -0.15) is 0 Å². The Morgan fingerprint density at radius 2 is 2.00 bits per heavy atom. The van der Waals surface area contributed by atoms with Crippen LogP contribution in [0.15, 0.2) is 5.16 Å². The third-order valence-corrected chi connectivity index (χ3v) is 1.81. The van der Waals surface area contributed by atoms with Crippen molar-refractivity contribution in [2.24, 2.45) is 10.9 Å². The molecule has 0 bridgehead atoms. The van der Waals surface area contributed by atoms with Gasteiger partial charge < -0.3 is 20.6 Å². The normalized spacial score (nSPS) is 14.6. The third-order valence-electron chi connectivity index (χ3n) is 1.81. The number of hydrogen-bond donors (Lipinski definition) is 2. The zero-order valence-electron chi connectivity index (χ0n) is 9.81. The second-order valence-electron chi connectivity index (χ2n) is 4.29. The number of carbonyl (C=O) groups is 1. The number of hydrogen-bond acceptors (Lipinski definition) is 4. The molecule has 0 aromatic rings. The molecule has 6 heteroatoms. The standard InChI is InChI=1S/C9H19N3O3/c1-6(7(10)11-14)12(5)8(13)15-9(2,3)4/h6,14H,1-5H3,(H2,10,11)/t6-/m1/s1. The summed E-state index contributed by atoms with van der Waals surface area (Å²) in [5.41, 5.74) is 4.81. The Morgan fingerprint density at radius 3 is 2.33 bits per heavy atom. The molecule has 0 radical (unpaired) electrons. The lowest BCUT2D eigenvalue weighted by molar-refractivity contribution is 0.0275. The van der Waals surface area contributed by atoms with Crippen molar-refractivity contribution in [2.45, 2.75) is 39.3 Å². The molecule has 1 amide bonds. The van der Waals surface area contributed by atoms with Crippen LogP contribution in [0, 0.1) is 0 Å². The Kier molecular flexibility index (Phi) is 4.39. The maximum absolute atomic E-state index is 11.5. The van der Waals surface area contributed by atoms with Crippen molar-refractivity contribution in [1.29, 1.82) is 0 Å². The van der Waals surface area contributed by atoms with Gasteiger partial charge in [0.2, 0.25) is 0 Å². The van der Waals surface area contributed by atoms with Crippen molar-refractivity contribution in [2.75, 3.05) is 7.05 Å². The van der Waals surface area contributed by atoms with Crippen molar-refractivity contribution < 1.29 is 14.7 Å². The molecule has 0 aromatic heterocycles. The average Bonchev–Trinajstić information content (AvgIpc) is 2.11. The van der Waals surface area contributed by atoms with Crippen molar-refractivity contribution in [1.82, 2.24) is 4.90 Å². The molecule has 0 unspecified atom stereocenters. The minimum Gasteiger partial charge on any atom is -0.444 e. The molecular weight excluding hydrogens is 198 g/mol. The van der Waals surface area contributed by atoms with Gasteiger partial charge in [0.05, 0.1) is 6.04 Å². The molecule has 0 heterocycles. The van der Waals surface area contributed by atoms with Crippen LogP contribution in [0.5, 0.6) is 0 Å². The van der Waals surface area contributed by atoms with Gasteiger partial charge in [0.25, 0.3) is 0 Å². The molecule has 0 spiro atoms. The summed E-state index contributed by atoms with van der Waals surface area (Å²) in [5.74, 6) is -0.0386. The predicted octanol–water partition coefficient (Wildman–Crippen LogP) is 0.988. The molecule has 0 fully saturated rings. The van der Waals surface area contributed by atoms with Crippen molar-refractivity contribution in [3.05, 3.63) is 0 Å². The van der Waals surface area contributed by atoms with E-state index in [0.717, 1.165) is 0 Å². The van der Waals surface area contributed by atoms with Crippen LogP contribution in [-0.2, 0) is 4.74 Å². The highest BCUT2D eigenvalue weighted by molar-refractivity contribution is 5.87. The fraction of sp³-hybridized carbons (Fsp3) is 0.778. The van der Waals surface area contributed by atoms with Crippen LogP contribution < -0.4 is 5.73 Å². The van der Waals surface area contributed by atoms with Gasteiger partial charge in [-0.3, -0.25) is 0 Å². The number of amides is 1. The second-order valence-corrected chi connectivity index (χ2v) is 4.29. The number of carbonyl (C=O) groups excluding carboxylic acids is 1. The Labute approximate surface area is 89.7 Å². The van der Waals surface area contributed by atoms with Crippen molar-refractivity contribution in [3.8, 4) is 0 Å². The van der Waals surface area contributed by atoms with Crippen molar-refractivity contribution in [3.63, 3.8) is 0 Å². The average molecular weight is 217 g/mol. The van der Waals surface area contributed by atoms with Gasteiger partial charge in [0.15, 0.2) is 5.84 Å². The number of rotatable bonds is 2. The molecule has 6 nitrogen and oxygen atoms in total. The first-order valence-electron chi connectivity index (χ1n) is 4.62. The summed E-state index contributed by atoms with van der Waals surface area (Å²) in [6, 6.07) is -0.509. The molecule has 1 atom stereocenters. The molecule has 0 aliphatic heterocycles. The maximum Gasteiger partial charge on any atom is 0.410 e. The van der Waals surface area contributed by atoms with E-state index >= 15 is 0 Å². The zero-order valence-corrected chi connectivity index (χ0v) is 9.81. The summed E-state index contributed by atoms with van der Waals surface area (Å²) in [4.78, 5) is 12.8. The van der Waals surface area contributed by atoms with Crippen LogP contribution in [0.4, 0.5) is 4.79 Å². The number of amidine groups is 1. The van der Waals surface area contributed by atoms with E-state index in [-0.39, 0.29) is 5.84 Å². The first kappa shape index (κ1) is 13.5. The van der Waals surface area contributed by atoms with E-state index in [2.05, 4.69) is 5.16 Å². The highest BCUT2D eigenvalue weighted by Crippen LogP contribution is 2.10. The van der Waals surface area contributed by atoms with Crippen molar-refractivity contribution >= 4 is 11.9 Å². The molecule has 0 saturated carbocycles. The summed E-state index contributed by atoms with van der Waals surface area (Å²) in [6.45, 7) is 6.95. The monoisotopic (exact) mass is 217 g/mol. The summed E-state index contributed by atoms with van der Waals surface area (Å²) >= 11 is 0. The van der Waals surface area contributed by atoms with Gasteiger partial charge in [0.1, 0.15) is 5.60 Å². The van der Waals surface area contributed by atoms with Gasteiger partial charge in [-0.15, -0.1) is 0 Å². The van der Waals surface area contributed by atoms with Gasteiger partial charge in [-0.25, -0.2) is 4.79 Å². The van der Waals surface area contributed by atoms with E-state index < -0.39 is 17.7 Å². The highest BCUT2D eigenvalue weighted by atomic mass is 16.6.